The van der Waals surface area contributed by atoms with E-state index in [-0.39, 0.29) is 6.09 Å². The van der Waals surface area contributed by atoms with Crippen molar-refractivity contribution in [3.8, 4) is 11.4 Å². The number of carbonyl (C=O) groups excluding carboxylic acids is 1. The number of nitrogens with zero attached hydrogens (tertiary/aromatic N) is 4. The van der Waals surface area contributed by atoms with Crippen LogP contribution in [0.25, 0.3) is 11.4 Å². The number of carbonyl (C=O) groups is 1. The maximum absolute atomic E-state index is 12.8. The molecular weight excluding hydrogens is 354 g/mol. The summed E-state index contributed by atoms with van der Waals surface area (Å²) in [4.78, 5) is 26.1. The summed E-state index contributed by atoms with van der Waals surface area (Å²) < 4.78 is 5.62. The van der Waals surface area contributed by atoms with E-state index in [2.05, 4.69) is 21.3 Å². The lowest BCUT2D eigenvalue weighted by atomic mass is 10.1. The summed E-state index contributed by atoms with van der Waals surface area (Å²) in [5.41, 5.74) is 3.31. The number of ether oxygens (including phenoxy) is 1. The van der Waals surface area contributed by atoms with Gasteiger partial charge in [-0.15, -0.1) is 0 Å². The maximum atomic E-state index is 12.8. The average Bonchev–Trinajstić information content (AvgIpc) is 3.11. The summed E-state index contributed by atoms with van der Waals surface area (Å²) in [6.07, 6.45) is 2.20. The number of hydrogen-bond donors (Lipinski definition) is 1. The highest BCUT2D eigenvalue weighted by Gasteiger charge is 2.33. The van der Waals surface area contributed by atoms with Gasteiger partial charge in [0.15, 0.2) is 0 Å². The van der Waals surface area contributed by atoms with Crippen LogP contribution in [0.4, 0.5) is 16.3 Å². The molecule has 2 aliphatic heterocycles. The molecule has 7 nitrogen and oxygen atoms in total. The van der Waals surface area contributed by atoms with Crippen LogP contribution in [0.5, 0.6) is 0 Å². The average molecular weight is 381 g/mol. The van der Waals surface area contributed by atoms with Gasteiger partial charge in [-0.25, -0.2) is 9.78 Å². The zero-order valence-electron chi connectivity index (χ0n) is 16.7. The Bertz CT molecular complexity index is 857. The summed E-state index contributed by atoms with van der Waals surface area (Å²) >= 11 is 0. The first-order valence-corrected chi connectivity index (χ1v) is 9.84. The van der Waals surface area contributed by atoms with E-state index in [9.17, 15) is 4.79 Å². The zero-order valence-corrected chi connectivity index (χ0v) is 16.7. The van der Waals surface area contributed by atoms with Crippen LogP contribution < -0.4 is 15.1 Å². The van der Waals surface area contributed by atoms with E-state index in [1.165, 1.54) is 0 Å². The Labute approximate surface area is 165 Å². The van der Waals surface area contributed by atoms with Crippen LogP contribution in [0.3, 0.4) is 0 Å². The molecule has 0 bridgehead atoms. The molecule has 1 amide bonds. The van der Waals surface area contributed by atoms with Crippen LogP contribution in [-0.2, 0) is 11.2 Å². The van der Waals surface area contributed by atoms with Gasteiger partial charge in [-0.1, -0.05) is 6.07 Å². The minimum atomic E-state index is -0.542. The molecule has 1 saturated heterocycles. The van der Waals surface area contributed by atoms with E-state index >= 15 is 0 Å². The summed E-state index contributed by atoms with van der Waals surface area (Å²) in [6.45, 7) is 10.00. The summed E-state index contributed by atoms with van der Waals surface area (Å²) in [6, 6.07) is 7.91. The van der Waals surface area contributed by atoms with Crippen molar-refractivity contribution in [2.75, 3.05) is 42.5 Å². The molecule has 1 N–H and O–H groups in total. The van der Waals surface area contributed by atoms with Gasteiger partial charge in [-0.2, -0.15) is 0 Å². The van der Waals surface area contributed by atoms with Gasteiger partial charge in [0.05, 0.1) is 11.4 Å². The Balaban J connectivity index is 1.77. The molecule has 1 fully saturated rings. The Hall–Kier alpha value is -2.67. The highest BCUT2D eigenvalue weighted by atomic mass is 16.6. The third-order valence-corrected chi connectivity index (χ3v) is 4.92. The molecule has 4 heterocycles. The molecule has 2 aromatic heterocycles. The Morgan fingerprint density at radius 2 is 1.93 bits per heavy atom. The minimum absolute atomic E-state index is 0.344. The first-order chi connectivity index (χ1) is 13.4. The van der Waals surface area contributed by atoms with Crippen molar-refractivity contribution in [1.29, 1.82) is 0 Å². The van der Waals surface area contributed by atoms with Crippen LogP contribution in [-0.4, -0.2) is 54.4 Å². The lowest BCUT2D eigenvalue weighted by molar-refractivity contribution is 0.0583. The molecule has 0 saturated carbocycles. The smallest absolute Gasteiger partial charge is 0.416 e. The lowest BCUT2D eigenvalue weighted by Gasteiger charge is -2.31. The standard InChI is InChI=1S/C21H27N5O2/c1-21(2,3)28-20(27)26-11-7-15-18(25-12-9-22-10-13-25)14-17(24-19(15)26)16-6-4-5-8-23-16/h4-6,8,14,22H,7,9-13H2,1-3H3. The number of pyridine rings is 2. The van der Waals surface area contributed by atoms with Crippen molar-refractivity contribution < 1.29 is 9.53 Å². The number of rotatable bonds is 2. The van der Waals surface area contributed by atoms with Crippen molar-refractivity contribution in [2.45, 2.75) is 32.8 Å². The molecule has 0 spiro atoms. The van der Waals surface area contributed by atoms with Gasteiger partial charge in [0.1, 0.15) is 11.4 Å². The van der Waals surface area contributed by atoms with Gasteiger partial charge in [-0.05, 0) is 45.4 Å². The number of aromatic nitrogens is 2. The number of anilines is 2. The van der Waals surface area contributed by atoms with Gasteiger partial charge >= 0.3 is 6.09 Å². The normalized spacial score (nSPS) is 16.8. The molecule has 7 heteroatoms. The van der Waals surface area contributed by atoms with Crippen molar-refractivity contribution in [1.82, 2.24) is 15.3 Å². The van der Waals surface area contributed by atoms with Crippen LogP contribution in [0, 0.1) is 0 Å². The molecule has 2 aromatic rings. The molecule has 148 valence electrons. The quantitative estimate of drug-likeness (QED) is 0.863. The van der Waals surface area contributed by atoms with E-state index in [0.717, 1.165) is 55.2 Å². The topological polar surface area (TPSA) is 70.6 Å². The molecule has 0 aliphatic carbocycles. The second-order valence-corrected chi connectivity index (χ2v) is 8.16. The first-order valence-electron chi connectivity index (χ1n) is 9.84. The van der Waals surface area contributed by atoms with Crippen molar-refractivity contribution in [2.24, 2.45) is 0 Å². The van der Waals surface area contributed by atoms with Crippen molar-refractivity contribution >= 4 is 17.6 Å². The fourth-order valence-corrected chi connectivity index (χ4v) is 3.67. The number of nitrogens with one attached hydrogen (secondary N) is 1. The second-order valence-electron chi connectivity index (χ2n) is 8.16. The molecule has 2 aliphatic rings. The first kappa shape index (κ1) is 18.7. The molecule has 28 heavy (non-hydrogen) atoms. The number of amides is 1. The van der Waals surface area contributed by atoms with E-state index in [1.807, 2.05) is 39.0 Å². The Morgan fingerprint density at radius 3 is 2.61 bits per heavy atom. The molecule has 0 aromatic carbocycles. The Kier molecular flexibility index (Phi) is 4.93. The monoisotopic (exact) mass is 381 g/mol. The van der Waals surface area contributed by atoms with Crippen molar-refractivity contribution in [3.63, 3.8) is 0 Å². The lowest BCUT2D eigenvalue weighted by Crippen LogP contribution is -2.44. The van der Waals surface area contributed by atoms with Gasteiger partial charge < -0.3 is 15.0 Å². The molecule has 0 radical (unpaired) electrons. The van der Waals surface area contributed by atoms with Crippen LogP contribution >= 0.6 is 0 Å². The molecule has 0 atom stereocenters. The number of fused-ring (bicyclic) bond motifs is 1. The summed E-state index contributed by atoms with van der Waals surface area (Å²) in [5, 5.41) is 3.40. The van der Waals surface area contributed by atoms with E-state index in [1.54, 1.807) is 11.1 Å². The predicted octanol–water partition coefficient (Wildman–Crippen LogP) is 2.85. The summed E-state index contributed by atoms with van der Waals surface area (Å²) in [5.74, 6) is 0.700. The number of piperazine rings is 1. The molecule has 4 rings (SSSR count). The predicted molar refractivity (Wildman–Crippen MR) is 110 cm³/mol. The van der Waals surface area contributed by atoms with Crippen LogP contribution in [0.15, 0.2) is 30.5 Å². The third-order valence-electron chi connectivity index (χ3n) is 4.92. The van der Waals surface area contributed by atoms with Crippen molar-refractivity contribution in [3.05, 3.63) is 36.0 Å². The van der Waals surface area contributed by atoms with E-state index in [0.29, 0.717) is 12.4 Å². The highest BCUT2D eigenvalue weighted by Crippen LogP contribution is 2.38. The van der Waals surface area contributed by atoms with Gasteiger partial charge in [0.25, 0.3) is 0 Å². The minimum Gasteiger partial charge on any atom is -0.443 e. The fraction of sp³-hybridized carbons (Fsp3) is 0.476. The van der Waals surface area contributed by atoms with Crippen LogP contribution in [0.1, 0.15) is 26.3 Å². The van der Waals surface area contributed by atoms with Gasteiger partial charge in [-0.3, -0.25) is 9.88 Å². The number of hydrogen-bond acceptors (Lipinski definition) is 6. The Morgan fingerprint density at radius 1 is 1.14 bits per heavy atom. The van der Waals surface area contributed by atoms with Crippen LogP contribution in [0.2, 0.25) is 0 Å². The highest BCUT2D eigenvalue weighted by molar-refractivity contribution is 5.91. The fourth-order valence-electron chi connectivity index (χ4n) is 3.67. The van der Waals surface area contributed by atoms with E-state index < -0.39 is 5.60 Å². The summed E-state index contributed by atoms with van der Waals surface area (Å²) in [7, 11) is 0. The van der Waals surface area contributed by atoms with Gasteiger partial charge in [0.2, 0.25) is 0 Å². The largest absolute Gasteiger partial charge is 0.443 e. The van der Waals surface area contributed by atoms with E-state index in [4.69, 9.17) is 9.72 Å². The molecular formula is C21H27N5O2. The second kappa shape index (κ2) is 7.39. The third kappa shape index (κ3) is 3.80. The maximum Gasteiger partial charge on any atom is 0.416 e. The zero-order chi connectivity index (χ0) is 19.7. The molecule has 0 unspecified atom stereocenters. The SMILES string of the molecule is CC(C)(C)OC(=O)N1CCc2c(N3CCNCC3)cc(-c3ccccn3)nc21. The van der Waals surface area contributed by atoms with Gasteiger partial charge in [0, 0.05) is 50.2 Å².